The Bertz CT molecular complexity index is 766. The topological polar surface area (TPSA) is 83.4 Å². The SMILES string of the molecule is Cc1occc1C(=O)Nc1cc(Cl)ccc1C(=O)NC1CCNC1. The molecular formula is C17H18ClN3O3. The summed E-state index contributed by atoms with van der Waals surface area (Å²) >= 11 is 6.02. The highest BCUT2D eigenvalue weighted by atomic mass is 35.5. The van der Waals surface area contributed by atoms with Gasteiger partial charge in [0.15, 0.2) is 0 Å². The molecule has 2 amide bonds. The van der Waals surface area contributed by atoms with E-state index in [9.17, 15) is 9.59 Å². The summed E-state index contributed by atoms with van der Waals surface area (Å²) < 4.78 is 5.14. The van der Waals surface area contributed by atoms with Crippen LogP contribution in [0, 0.1) is 6.92 Å². The minimum absolute atomic E-state index is 0.0906. The lowest BCUT2D eigenvalue weighted by molar-refractivity contribution is 0.0941. The first-order valence-electron chi connectivity index (χ1n) is 7.71. The van der Waals surface area contributed by atoms with Crippen LogP contribution in [-0.4, -0.2) is 30.9 Å². The van der Waals surface area contributed by atoms with E-state index in [0.717, 1.165) is 19.5 Å². The molecule has 0 saturated carbocycles. The van der Waals surface area contributed by atoms with Gasteiger partial charge in [-0.3, -0.25) is 9.59 Å². The lowest BCUT2D eigenvalue weighted by Gasteiger charge is -2.15. The van der Waals surface area contributed by atoms with Crippen molar-refractivity contribution in [2.45, 2.75) is 19.4 Å². The van der Waals surface area contributed by atoms with E-state index in [2.05, 4.69) is 16.0 Å². The number of aryl methyl sites for hydroxylation is 1. The summed E-state index contributed by atoms with van der Waals surface area (Å²) in [5.74, 6) is -0.0720. The molecule has 1 atom stereocenters. The molecule has 1 fully saturated rings. The minimum atomic E-state index is -0.347. The van der Waals surface area contributed by atoms with Gasteiger partial charge in [-0.15, -0.1) is 0 Å². The molecule has 0 spiro atoms. The van der Waals surface area contributed by atoms with Crippen molar-refractivity contribution >= 4 is 29.1 Å². The van der Waals surface area contributed by atoms with Crippen LogP contribution in [-0.2, 0) is 0 Å². The number of hydrogen-bond donors (Lipinski definition) is 3. The quantitative estimate of drug-likeness (QED) is 0.793. The van der Waals surface area contributed by atoms with Crippen molar-refractivity contribution in [3.63, 3.8) is 0 Å². The van der Waals surface area contributed by atoms with E-state index in [1.54, 1.807) is 31.2 Å². The third-order valence-corrected chi connectivity index (χ3v) is 4.21. The van der Waals surface area contributed by atoms with Crippen molar-refractivity contribution in [3.05, 3.63) is 52.4 Å². The monoisotopic (exact) mass is 347 g/mol. The molecule has 0 aliphatic carbocycles. The van der Waals surface area contributed by atoms with Crippen molar-refractivity contribution in [1.82, 2.24) is 10.6 Å². The summed E-state index contributed by atoms with van der Waals surface area (Å²) in [6, 6.07) is 6.48. The van der Waals surface area contributed by atoms with Crippen LogP contribution in [0.15, 0.2) is 34.9 Å². The zero-order chi connectivity index (χ0) is 17.1. The maximum atomic E-state index is 12.5. The summed E-state index contributed by atoms with van der Waals surface area (Å²) in [6.45, 7) is 3.33. The maximum absolute atomic E-state index is 12.5. The van der Waals surface area contributed by atoms with E-state index >= 15 is 0 Å². The molecule has 1 unspecified atom stereocenters. The number of amides is 2. The first-order chi connectivity index (χ1) is 11.5. The summed E-state index contributed by atoms with van der Waals surface area (Å²) in [7, 11) is 0. The summed E-state index contributed by atoms with van der Waals surface area (Å²) in [5.41, 5.74) is 1.17. The van der Waals surface area contributed by atoms with E-state index < -0.39 is 0 Å². The predicted molar refractivity (Wildman–Crippen MR) is 91.6 cm³/mol. The summed E-state index contributed by atoms with van der Waals surface area (Å²) in [4.78, 5) is 24.9. The fourth-order valence-electron chi connectivity index (χ4n) is 2.67. The van der Waals surface area contributed by atoms with Gasteiger partial charge in [-0.05, 0) is 44.2 Å². The Morgan fingerprint density at radius 1 is 1.25 bits per heavy atom. The Morgan fingerprint density at radius 2 is 2.08 bits per heavy atom. The molecule has 3 rings (SSSR count). The molecule has 1 aromatic heterocycles. The molecule has 1 saturated heterocycles. The number of halogens is 1. The van der Waals surface area contributed by atoms with Crippen molar-refractivity contribution in [3.8, 4) is 0 Å². The number of hydrogen-bond acceptors (Lipinski definition) is 4. The van der Waals surface area contributed by atoms with Crippen LogP contribution in [0.1, 0.15) is 32.9 Å². The zero-order valence-corrected chi connectivity index (χ0v) is 13.9. The van der Waals surface area contributed by atoms with Gasteiger partial charge in [0.05, 0.1) is 23.1 Å². The highest BCUT2D eigenvalue weighted by Gasteiger charge is 2.21. The fraction of sp³-hybridized carbons (Fsp3) is 0.294. The summed E-state index contributed by atoms with van der Waals surface area (Å²) in [6.07, 6.45) is 2.33. The molecule has 2 heterocycles. The molecule has 6 nitrogen and oxygen atoms in total. The van der Waals surface area contributed by atoms with Crippen molar-refractivity contribution < 1.29 is 14.0 Å². The molecule has 1 aliphatic rings. The normalized spacial score (nSPS) is 16.8. The molecule has 1 aromatic carbocycles. The average Bonchev–Trinajstić information content (AvgIpc) is 3.18. The third kappa shape index (κ3) is 3.60. The Kier molecular flexibility index (Phi) is 4.87. The second-order valence-electron chi connectivity index (χ2n) is 5.70. The summed E-state index contributed by atoms with van der Waals surface area (Å²) in [5, 5.41) is 9.33. The first kappa shape index (κ1) is 16.5. The number of furan rings is 1. The van der Waals surface area contributed by atoms with E-state index in [1.807, 2.05) is 0 Å². The van der Waals surface area contributed by atoms with E-state index in [0.29, 0.717) is 27.6 Å². The molecule has 7 heteroatoms. The lowest BCUT2D eigenvalue weighted by atomic mass is 10.1. The first-order valence-corrected chi connectivity index (χ1v) is 8.09. The van der Waals surface area contributed by atoms with E-state index in [1.165, 1.54) is 6.26 Å². The standard InChI is InChI=1S/C17H18ClN3O3/c1-10-13(5-7-24-10)16(22)21-15-8-11(18)2-3-14(15)17(23)20-12-4-6-19-9-12/h2-3,5,7-8,12,19H,4,6,9H2,1H3,(H,20,23)(H,21,22). The van der Waals surface area contributed by atoms with Gasteiger partial charge in [0.2, 0.25) is 0 Å². The molecule has 126 valence electrons. The largest absolute Gasteiger partial charge is 0.469 e. The van der Waals surface area contributed by atoms with Crippen LogP contribution in [0.5, 0.6) is 0 Å². The van der Waals surface area contributed by atoms with Crippen LogP contribution in [0.3, 0.4) is 0 Å². The fourth-order valence-corrected chi connectivity index (χ4v) is 2.84. The van der Waals surface area contributed by atoms with Gasteiger partial charge in [-0.25, -0.2) is 0 Å². The number of carbonyl (C=O) groups excluding carboxylic acids is 2. The van der Waals surface area contributed by atoms with Crippen molar-refractivity contribution in [2.24, 2.45) is 0 Å². The Labute approximate surface area is 144 Å². The number of nitrogens with one attached hydrogen (secondary N) is 3. The molecular weight excluding hydrogens is 330 g/mol. The van der Waals surface area contributed by atoms with Gasteiger partial charge in [-0.2, -0.15) is 0 Å². The van der Waals surface area contributed by atoms with Gasteiger partial charge in [0, 0.05) is 17.6 Å². The van der Waals surface area contributed by atoms with Crippen LogP contribution < -0.4 is 16.0 Å². The second kappa shape index (κ2) is 7.07. The van der Waals surface area contributed by atoms with E-state index in [4.69, 9.17) is 16.0 Å². The minimum Gasteiger partial charge on any atom is -0.469 e. The number of benzene rings is 1. The highest BCUT2D eigenvalue weighted by Crippen LogP contribution is 2.23. The zero-order valence-electron chi connectivity index (χ0n) is 13.2. The van der Waals surface area contributed by atoms with Gasteiger partial charge in [0.1, 0.15) is 5.76 Å². The van der Waals surface area contributed by atoms with Crippen molar-refractivity contribution in [2.75, 3.05) is 18.4 Å². The molecule has 2 aromatic rings. The number of anilines is 1. The Hall–Kier alpha value is -2.31. The van der Waals surface area contributed by atoms with Crippen molar-refractivity contribution in [1.29, 1.82) is 0 Å². The molecule has 0 radical (unpaired) electrons. The predicted octanol–water partition coefficient (Wildman–Crippen LogP) is 2.59. The van der Waals surface area contributed by atoms with Gasteiger partial charge in [0.25, 0.3) is 11.8 Å². The van der Waals surface area contributed by atoms with Crippen LogP contribution in [0.25, 0.3) is 0 Å². The van der Waals surface area contributed by atoms with Crippen LogP contribution in [0.2, 0.25) is 5.02 Å². The molecule has 1 aliphatic heterocycles. The maximum Gasteiger partial charge on any atom is 0.259 e. The average molecular weight is 348 g/mol. The Morgan fingerprint density at radius 3 is 2.75 bits per heavy atom. The van der Waals surface area contributed by atoms with E-state index in [-0.39, 0.29) is 17.9 Å². The number of carbonyl (C=O) groups is 2. The van der Waals surface area contributed by atoms with Crippen LogP contribution in [0.4, 0.5) is 5.69 Å². The molecule has 0 bridgehead atoms. The van der Waals surface area contributed by atoms with Gasteiger partial charge >= 0.3 is 0 Å². The van der Waals surface area contributed by atoms with Gasteiger partial charge in [-0.1, -0.05) is 11.6 Å². The second-order valence-corrected chi connectivity index (χ2v) is 6.13. The smallest absolute Gasteiger partial charge is 0.259 e. The number of rotatable bonds is 4. The lowest BCUT2D eigenvalue weighted by Crippen LogP contribution is -2.36. The van der Waals surface area contributed by atoms with Crippen LogP contribution >= 0.6 is 11.6 Å². The molecule has 24 heavy (non-hydrogen) atoms. The van der Waals surface area contributed by atoms with Gasteiger partial charge < -0.3 is 20.4 Å². The highest BCUT2D eigenvalue weighted by molar-refractivity contribution is 6.31. The molecule has 3 N–H and O–H groups in total. The third-order valence-electron chi connectivity index (χ3n) is 3.97. The Balaban J connectivity index is 1.81.